The summed E-state index contributed by atoms with van der Waals surface area (Å²) in [6.45, 7) is 1.78. The zero-order chi connectivity index (χ0) is 19.8. The third-order valence-electron chi connectivity index (χ3n) is 4.22. The molecule has 0 bridgehead atoms. The molecule has 0 aliphatic rings. The van der Waals surface area contributed by atoms with E-state index in [4.69, 9.17) is 0 Å². The van der Waals surface area contributed by atoms with Crippen molar-refractivity contribution in [2.24, 2.45) is 7.05 Å². The lowest BCUT2D eigenvalue weighted by Gasteiger charge is -2.19. The second kappa shape index (κ2) is 6.90. The molecule has 0 saturated carbocycles. The van der Waals surface area contributed by atoms with Gasteiger partial charge < -0.3 is 15.0 Å². The molecule has 2 heterocycles. The van der Waals surface area contributed by atoms with Crippen LogP contribution >= 0.6 is 0 Å². The number of pyridine rings is 1. The van der Waals surface area contributed by atoms with Crippen LogP contribution in [0.1, 0.15) is 23.7 Å². The largest absolute Gasteiger partial charge is 0.508 e. The SMILES string of the molecule is Cc1cc(NC(=O)CC(c2nccn2C)C(F)(F)F)nc2cc(O)ccc12. The summed E-state index contributed by atoms with van der Waals surface area (Å²) in [5.41, 5.74) is 1.20. The smallest absolute Gasteiger partial charge is 0.399 e. The Balaban J connectivity index is 1.84. The molecule has 0 aliphatic carbocycles. The molecule has 6 nitrogen and oxygen atoms in total. The van der Waals surface area contributed by atoms with Crippen LogP contribution in [-0.2, 0) is 11.8 Å². The van der Waals surface area contributed by atoms with Gasteiger partial charge in [-0.3, -0.25) is 4.79 Å². The number of hydrogen-bond acceptors (Lipinski definition) is 4. The Morgan fingerprint density at radius 1 is 1.33 bits per heavy atom. The van der Waals surface area contributed by atoms with Crippen molar-refractivity contribution < 1.29 is 23.1 Å². The van der Waals surface area contributed by atoms with E-state index in [9.17, 15) is 23.1 Å². The fraction of sp³-hybridized carbons (Fsp3) is 0.278. The summed E-state index contributed by atoms with van der Waals surface area (Å²) < 4.78 is 41.5. The molecule has 0 spiro atoms. The molecule has 0 saturated heterocycles. The van der Waals surface area contributed by atoms with Gasteiger partial charge in [-0.05, 0) is 30.7 Å². The molecule has 27 heavy (non-hydrogen) atoms. The van der Waals surface area contributed by atoms with Crippen LogP contribution < -0.4 is 5.32 Å². The van der Waals surface area contributed by atoms with Crippen molar-refractivity contribution in [1.29, 1.82) is 0 Å². The number of aromatic nitrogens is 3. The Morgan fingerprint density at radius 2 is 2.07 bits per heavy atom. The summed E-state index contributed by atoms with van der Waals surface area (Å²) in [4.78, 5) is 20.2. The minimum absolute atomic E-state index is 0.00444. The zero-order valence-electron chi connectivity index (χ0n) is 14.6. The highest BCUT2D eigenvalue weighted by molar-refractivity contribution is 5.93. The Hall–Kier alpha value is -3.10. The van der Waals surface area contributed by atoms with Crippen molar-refractivity contribution in [2.75, 3.05) is 5.32 Å². The second-order valence-corrected chi connectivity index (χ2v) is 6.27. The average molecular weight is 378 g/mol. The van der Waals surface area contributed by atoms with E-state index in [1.165, 1.54) is 36.1 Å². The van der Waals surface area contributed by atoms with E-state index in [-0.39, 0.29) is 17.4 Å². The number of carbonyl (C=O) groups excluding carboxylic acids is 1. The van der Waals surface area contributed by atoms with Crippen LogP contribution in [0, 0.1) is 6.92 Å². The molecule has 0 radical (unpaired) electrons. The molecule has 3 aromatic rings. The lowest BCUT2D eigenvalue weighted by molar-refractivity contribution is -0.157. The first-order valence-corrected chi connectivity index (χ1v) is 8.09. The number of halogens is 3. The molecule has 0 fully saturated rings. The number of anilines is 1. The highest BCUT2D eigenvalue weighted by atomic mass is 19.4. The normalized spacial score (nSPS) is 12.9. The molecule has 1 amide bonds. The monoisotopic (exact) mass is 378 g/mol. The van der Waals surface area contributed by atoms with Gasteiger partial charge in [0.25, 0.3) is 0 Å². The van der Waals surface area contributed by atoms with Crippen LogP contribution in [0.2, 0.25) is 0 Å². The number of hydrogen-bond donors (Lipinski definition) is 2. The summed E-state index contributed by atoms with van der Waals surface area (Å²) in [5, 5.41) is 12.8. The van der Waals surface area contributed by atoms with Gasteiger partial charge in [0.1, 0.15) is 23.3 Å². The first kappa shape index (κ1) is 18.7. The van der Waals surface area contributed by atoms with Gasteiger partial charge in [0.05, 0.1) is 5.52 Å². The van der Waals surface area contributed by atoms with Crippen LogP contribution in [0.4, 0.5) is 19.0 Å². The quantitative estimate of drug-likeness (QED) is 0.726. The number of phenolic OH excluding ortho intramolecular Hbond substituents is 1. The topological polar surface area (TPSA) is 80.0 Å². The van der Waals surface area contributed by atoms with Gasteiger partial charge >= 0.3 is 6.18 Å². The van der Waals surface area contributed by atoms with Crippen LogP contribution in [0.3, 0.4) is 0 Å². The molecule has 1 atom stereocenters. The minimum Gasteiger partial charge on any atom is -0.508 e. The Bertz CT molecular complexity index is 998. The third kappa shape index (κ3) is 4.02. The predicted molar refractivity (Wildman–Crippen MR) is 93.4 cm³/mol. The average Bonchev–Trinajstić information content (AvgIpc) is 2.96. The first-order chi connectivity index (χ1) is 12.6. The number of fused-ring (bicyclic) bond motifs is 1. The van der Waals surface area contributed by atoms with Gasteiger partial charge in [-0.1, -0.05) is 0 Å². The summed E-state index contributed by atoms with van der Waals surface area (Å²) >= 11 is 0. The molecule has 142 valence electrons. The summed E-state index contributed by atoms with van der Waals surface area (Å²) in [6, 6.07) is 6.18. The van der Waals surface area contributed by atoms with E-state index in [0.29, 0.717) is 5.52 Å². The molecule has 2 aromatic heterocycles. The number of aryl methyl sites for hydroxylation is 2. The number of imidazole rings is 1. The Morgan fingerprint density at radius 3 is 2.70 bits per heavy atom. The van der Waals surface area contributed by atoms with Gasteiger partial charge in [-0.2, -0.15) is 13.2 Å². The van der Waals surface area contributed by atoms with E-state index in [1.54, 1.807) is 19.1 Å². The van der Waals surface area contributed by atoms with Crippen molar-refractivity contribution in [3.05, 3.63) is 48.0 Å². The number of nitrogens with one attached hydrogen (secondary N) is 1. The van der Waals surface area contributed by atoms with Gasteiger partial charge in [0.15, 0.2) is 0 Å². The molecular weight excluding hydrogens is 361 g/mol. The van der Waals surface area contributed by atoms with Crippen molar-refractivity contribution >= 4 is 22.6 Å². The van der Waals surface area contributed by atoms with E-state index in [2.05, 4.69) is 15.3 Å². The summed E-state index contributed by atoms with van der Waals surface area (Å²) in [5.74, 6) is -2.96. The van der Waals surface area contributed by atoms with Crippen LogP contribution in [-0.4, -0.2) is 31.7 Å². The maximum Gasteiger partial charge on any atom is 0.399 e. The highest BCUT2D eigenvalue weighted by Crippen LogP contribution is 2.36. The fourth-order valence-electron chi connectivity index (χ4n) is 2.90. The van der Waals surface area contributed by atoms with Gasteiger partial charge in [-0.25, -0.2) is 9.97 Å². The van der Waals surface area contributed by atoms with Crippen molar-refractivity contribution in [3.8, 4) is 5.75 Å². The van der Waals surface area contributed by atoms with Crippen molar-refractivity contribution in [2.45, 2.75) is 25.4 Å². The van der Waals surface area contributed by atoms with Crippen LogP contribution in [0.25, 0.3) is 10.9 Å². The van der Waals surface area contributed by atoms with Crippen molar-refractivity contribution in [1.82, 2.24) is 14.5 Å². The molecule has 2 N–H and O–H groups in total. The number of nitrogens with zero attached hydrogens (tertiary/aromatic N) is 3. The van der Waals surface area contributed by atoms with Gasteiger partial charge in [0.2, 0.25) is 5.91 Å². The molecule has 1 aromatic carbocycles. The maximum atomic E-state index is 13.4. The number of aromatic hydroxyl groups is 1. The van der Waals surface area contributed by atoms with Crippen LogP contribution in [0.15, 0.2) is 36.7 Å². The third-order valence-corrected chi connectivity index (χ3v) is 4.22. The number of amides is 1. The minimum atomic E-state index is -4.62. The summed E-state index contributed by atoms with van der Waals surface area (Å²) in [6.07, 6.45) is -2.78. The zero-order valence-corrected chi connectivity index (χ0v) is 14.6. The first-order valence-electron chi connectivity index (χ1n) is 8.09. The van der Waals surface area contributed by atoms with Gasteiger partial charge in [-0.15, -0.1) is 0 Å². The van der Waals surface area contributed by atoms with E-state index in [1.807, 2.05) is 0 Å². The number of carbonyl (C=O) groups is 1. The number of rotatable bonds is 4. The van der Waals surface area contributed by atoms with E-state index in [0.717, 1.165) is 10.9 Å². The van der Waals surface area contributed by atoms with Crippen LogP contribution in [0.5, 0.6) is 5.75 Å². The number of alkyl halides is 3. The maximum absolute atomic E-state index is 13.4. The molecule has 9 heteroatoms. The molecule has 1 unspecified atom stereocenters. The van der Waals surface area contributed by atoms with E-state index < -0.39 is 24.4 Å². The fourth-order valence-corrected chi connectivity index (χ4v) is 2.90. The van der Waals surface area contributed by atoms with E-state index >= 15 is 0 Å². The van der Waals surface area contributed by atoms with Gasteiger partial charge in [0, 0.05) is 37.3 Å². The second-order valence-electron chi connectivity index (χ2n) is 6.27. The number of benzene rings is 1. The number of phenols is 1. The lowest BCUT2D eigenvalue weighted by atomic mass is 10.0. The lowest BCUT2D eigenvalue weighted by Crippen LogP contribution is -2.28. The summed E-state index contributed by atoms with van der Waals surface area (Å²) in [7, 11) is 1.44. The standard InChI is InChI=1S/C18H17F3N4O2/c1-10-7-15(23-14-8-11(26)3-4-12(10)14)24-16(27)9-13(18(19,20)21)17-22-5-6-25(17)2/h3-8,13,26H,9H2,1-2H3,(H,23,24,27). The highest BCUT2D eigenvalue weighted by Gasteiger charge is 2.44. The predicted octanol–water partition coefficient (Wildman–Crippen LogP) is 3.66. The molecule has 3 rings (SSSR count). The molecule has 0 aliphatic heterocycles. The molecular formula is C18H17F3N4O2. The Labute approximate surface area is 152 Å². The van der Waals surface area contributed by atoms with Crippen molar-refractivity contribution in [3.63, 3.8) is 0 Å². The Kier molecular flexibility index (Phi) is 4.77.